The van der Waals surface area contributed by atoms with Crippen LogP contribution < -0.4 is 0 Å². The lowest BCUT2D eigenvalue weighted by molar-refractivity contribution is -0.172. The normalized spacial score (nSPS) is 13.2. The molecule has 0 atom stereocenters. The van der Waals surface area contributed by atoms with Crippen LogP contribution in [0.25, 0.3) is 11.1 Å². The monoisotopic (exact) mass is 587 g/mol. The molecule has 4 aromatic rings. The van der Waals surface area contributed by atoms with Gasteiger partial charge in [0.1, 0.15) is 0 Å². The maximum atomic E-state index is 11.9. The van der Waals surface area contributed by atoms with E-state index in [0.29, 0.717) is 10.6 Å². The van der Waals surface area contributed by atoms with E-state index >= 15 is 0 Å². The number of imide groups is 1. The summed E-state index contributed by atoms with van der Waals surface area (Å²) in [5.41, 5.74) is 7.91. The lowest BCUT2D eigenvalue weighted by atomic mass is 9.76. The number of carbonyl (C=O) groups excluding carboxylic acids is 3. The van der Waals surface area contributed by atoms with E-state index in [2.05, 4.69) is 133 Å². The first-order valence-electron chi connectivity index (χ1n) is 15.0. The van der Waals surface area contributed by atoms with E-state index in [4.69, 9.17) is 4.84 Å². The van der Waals surface area contributed by atoms with E-state index in [1.54, 1.807) is 12.1 Å². The predicted molar refractivity (Wildman–Crippen MR) is 176 cm³/mol. The van der Waals surface area contributed by atoms with Crippen LogP contribution >= 0.6 is 0 Å². The minimum atomic E-state index is -0.700. The van der Waals surface area contributed by atoms with Crippen molar-refractivity contribution in [3.05, 3.63) is 143 Å². The molecule has 5 heteroatoms. The highest BCUT2D eigenvalue weighted by atomic mass is 16.7. The van der Waals surface area contributed by atoms with Crippen molar-refractivity contribution >= 4 is 28.9 Å². The van der Waals surface area contributed by atoms with Gasteiger partial charge in [-0.25, -0.2) is 4.79 Å². The molecule has 1 heterocycles. The van der Waals surface area contributed by atoms with E-state index in [-0.39, 0.29) is 23.7 Å². The van der Waals surface area contributed by atoms with Gasteiger partial charge in [-0.3, -0.25) is 9.59 Å². The minimum absolute atomic E-state index is 0.0106. The van der Waals surface area contributed by atoms with Crippen molar-refractivity contribution in [2.75, 3.05) is 0 Å². The van der Waals surface area contributed by atoms with Gasteiger partial charge in [0.2, 0.25) is 0 Å². The minimum Gasteiger partial charge on any atom is -0.325 e. The zero-order valence-electron chi connectivity index (χ0n) is 26.5. The molecule has 0 N–H and O–H groups in total. The maximum Gasteiger partial charge on any atom is 0.363 e. The third-order valence-electron chi connectivity index (χ3n) is 7.35. The van der Waals surface area contributed by atoms with Crippen molar-refractivity contribution in [1.82, 2.24) is 5.06 Å². The summed E-state index contributed by atoms with van der Waals surface area (Å²) in [5.74, 6) is -1.65. The van der Waals surface area contributed by atoms with Crippen molar-refractivity contribution in [1.29, 1.82) is 0 Å². The SMILES string of the molecule is CC(C)(C)C(=C(c1ccccc1)c1ccccc1)c1ccccc1.CC(C)(C)c1ccc(C(=O)ON2C(=O)CCC2=O)cc1. The molecule has 5 rings (SSSR count). The fourth-order valence-electron chi connectivity index (χ4n) is 5.12. The fraction of sp³-hybridized carbons (Fsp3) is 0.256. The van der Waals surface area contributed by atoms with Crippen molar-refractivity contribution in [2.45, 2.75) is 59.8 Å². The molecule has 44 heavy (non-hydrogen) atoms. The number of allylic oxidation sites excluding steroid dienone is 1. The lowest BCUT2D eigenvalue weighted by Crippen LogP contribution is -2.32. The predicted octanol–water partition coefficient (Wildman–Crippen LogP) is 8.90. The molecule has 4 aromatic carbocycles. The second-order valence-corrected chi connectivity index (χ2v) is 12.9. The Labute approximate surface area is 261 Å². The second kappa shape index (κ2) is 13.7. The Morgan fingerprint density at radius 1 is 0.568 bits per heavy atom. The van der Waals surface area contributed by atoms with Gasteiger partial charge in [0.25, 0.3) is 11.8 Å². The molecule has 2 amide bonds. The molecular formula is C39H41NO4. The summed E-state index contributed by atoms with van der Waals surface area (Å²) in [7, 11) is 0. The van der Waals surface area contributed by atoms with Gasteiger partial charge >= 0.3 is 5.97 Å². The van der Waals surface area contributed by atoms with Crippen molar-refractivity contribution < 1.29 is 19.2 Å². The second-order valence-electron chi connectivity index (χ2n) is 12.9. The Morgan fingerprint density at radius 2 is 0.977 bits per heavy atom. The van der Waals surface area contributed by atoms with Crippen LogP contribution in [0.1, 0.15) is 87.0 Å². The maximum absolute atomic E-state index is 11.9. The fourth-order valence-corrected chi connectivity index (χ4v) is 5.12. The summed E-state index contributed by atoms with van der Waals surface area (Å²) in [6.45, 7) is 13.1. The number of nitrogens with zero attached hydrogens (tertiary/aromatic N) is 1. The van der Waals surface area contributed by atoms with Crippen molar-refractivity contribution in [3.63, 3.8) is 0 Å². The number of carbonyl (C=O) groups is 3. The molecule has 1 aliphatic heterocycles. The summed E-state index contributed by atoms with van der Waals surface area (Å²) in [4.78, 5) is 39.5. The van der Waals surface area contributed by atoms with Crippen LogP contribution in [-0.4, -0.2) is 22.8 Å². The van der Waals surface area contributed by atoms with Crippen molar-refractivity contribution in [3.8, 4) is 0 Å². The first kappa shape index (κ1) is 32.2. The summed E-state index contributed by atoms with van der Waals surface area (Å²) < 4.78 is 0. The molecule has 0 spiro atoms. The highest BCUT2D eigenvalue weighted by Gasteiger charge is 2.33. The lowest BCUT2D eigenvalue weighted by Gasteiger charge is -2.28. The average Bonchev–Trinajstić information content (AvgIpc) is 3.32. The number of rotatable bonds is 5. The smallest absolute Gasteiger partial charge is 0.325 e. The van der Waals surface area contributed by atoms with Crippen LogP contribution in [0.15, 0.2) is 115 Å². The molecule has 0 unspecified atom stereocenters. The van der Waals surface area contributed by atoms with E-state index in [0.717, 1.165) is 5.56 Å². The van der Waals surface area contributed by atoms with Gasteiger partial charge in [0.05, 0.1) is 5.56 Å². The number of benzene rings is 4. The molecule has 0 saturated carbocycles. The Morgan fingerprint density at radius 3 is 1.36 bits per heavy atom. The van der Waals surface area contributed by atoms with Gasteiger partial charge in [-0.2, -0.15) is 0 Å². The van der Waals surface area contributed by atoms with E-state index < -0.39 is 17.8 Å². The Bertz CT molecular complexity index is 1550. The van der Waals surface area contributed by atoms with Crippen LogP contribution in [0.2, 0.25) is 0 Å². The molecule has 226 valence electrons. The molecule has 0 aromatic heterocycles. The molecule has 1 saturated heterocycles. The summed E-state index contributed by atoms with van der Waals surface area (Å²) >= 11 is 0. The molecule has 0 radical (unpaired) electrons. The van der Waals surface area contributed by atoms with E-state index in [9.17, 15) is 14.4 Å². The van der Waals surface area contributed by atoms with Crippen molar-refractivity contribution in [2.24, 2.45) is 5.41 Å². The topological polar surface area (TPSA) is 63.7 Å². The molecule has 1 aliphatic rings. The number of hydrogen-bond acceptors (Lipinski definition) is 4. The standard InChI is InChI=1S/C24H24.C15H17NO4/c1-24(2,3)23(21-17-11-6-12-18-21)22(19-13-7-4-8-14-19)20-15-9-5-10-16-20;1-15(2,3)11-6-4-10(5-7-11)14(19)20-16-12(17)8-9-13(16)18/h4-18H,1-3H3;4-7H,8-9H2,1-3H3. The first-order valence-corrected chi connectivity index (χ1v) is 15.0. The first-order chi connectivity index (χ1) is 20.9. The Balaban J connectivity index is 0.000000204. The highest BCUT2D eigenvalue weighted by molar-refractivity contribution is 6.03. The van der Waals surface area contributed by atoms with Gasteiger partial charge in [-0.05, 0) is 56.4 Å². The number of hydrogen-bond donors (Lipinski definition) is 0. The molecule has 0 bridgehead atoms. The quantitative estimate of drug-likeness (QED) is 0.173. The van der Waals surface area contributed by atoms with Crippen LogP contribution in [0, 0.1) is 5.41 Å². The van der Waals surface area contributed by atoms with E-state index in [1.165, 1.54) is 27.8 Å². The average molecular weight is 588 g/mol. The van der Waals surface area contributed by atoms with E-state index in [1.807, 2.05) is 12.1 Å². The third-order valence-corrected chi connectivity index (χ3v) is 7.35. The van der Waals surface area contributed by atoms with Gasteiger partial charge in [-0.15, -0.1) is 5.06 Å². The van der Waals surface area contributed by atoms with Crippen LogP contribution in [0.3, 0.4) is 0 Å². The largest absolute Gasteiger partial charge is 0.363 e. The summed E-state index contributed by atoms with van der Waals surface area (Å²) in [5, 5.41) is 0.556. The Hall–Kier alpha value is -4.77. The van der Waals surface area contributed by atoms with Crippen LogP contribution in [0.4, 0.5) is 0 Å². The van der Waals surface area contributed by atoms with Gasteiger partial charge in [0, 0.05) is 12.8 Å². The zero-order valence-corrected chi connectivity index (χ0v) is 26.5. The van der Waals surface area contributed by atoms with Gasteiger partial charge in [0.15, 0.2) is 0 Å². The third kappa shape index (κ3) is 7.99. The van der Waals surface area contributed by atoms with Gasteiger partial charge < -0.3 is 4.84 Å². The van der Waals surface area contributed by atoms with Crippen LogP contribution in [-0.2, 0) is 19.8 Å². The summed E-state index contributed by atoms with van der Waals surface area (Å²) in [6, 6.07) is 39.1. The summed E-state index contributed by atoms with van der Waals surface area (Å²) in [6.07, 6.45) is 0.185. The highest BCUT2D eigenvalue weighted by Crippen LogP contribution is 2.42. The molecular weight excluding hydrogens is 546 g/mol. The zero-order chi connectivity index (χ0) is 31.9. The Kier molecular flexibility index (Phi) is 10.00. The van der Waals surface area contributed by atoms with Crippen LogP contribution in [0.5, 0.6) is 0 Å². The van der Waals surface area contributed by atoms with Gasteiger partial charge in [-0.1, -0.05) is 145 Å². The molecule has 1 fully saturated rings. The number of hydroxylamine groups is 2. The molecule has 5 nitrogen and oxygen atoms in total. The molecule has 0 aliphatic carbocycles. The number of amides is 2.